The molecule has 0 spiro atoms. The topological polar surface area (TPSA) is 54.9 Å². The fraction of sp³-hybridized carbons (Fsp3) is 0.353. The van der Waals surface area contributed by atoms with Crippen LogP contribution in [-0.2, 0) is 4.79 Å². The third-order valence-electron chi connectivity index (χ3n) is 3.90. The Morgan fingerprint density at radius 2 is 2.09 bits per heavy atom. The van der Waals surface area contributed by atoms with Crippen molar-refractivity contribution < 1.29 is 4.79 Å². The van der Waals surface area contributed by atoms with Crippen molar-refractivity contribution >= 4 is 40.1 Å². The Kier molecular flexibility index (Phi) is 5.41. The van der Waals surface area contributed by atoms with Gasteiger partial charge in [0.15, 0.2) is 0 Å². The zero-order valence-electron chi connectivity index (χ0n) is 12.7. The van der Waals surface area contributed by atoms with Crippen molar-refractivity contribution in [3.63, 3.8) is 0 Å². The van der Waals surface area contributed by atoms with E-state index in [1.54, 1.807) is 18.2 Å². The zero-order valence-corrected chi connectivity index (χ0v) is 14.2. The van der Waals surface area contributed by atoms with E-state index in [0.717, 1.165) is 10.6 Å². The molecule has 0 atom stereocenters. The van der Waals surface area contributed by atoms with Crippen LogP contribution in [0.2, 0.25) is 5.02 Å². The Balaban J connectivity index is 1.58. The highest BCUT2D eigenvalue weighted by Gasteiger charge is 2.19. The van der Waals surface area contributed by atoms with Gasteiger partial charge < -0.3 is 0 Å². The fourth-order valence-corrected chi connectivity index (χ4v) is 3.84. The first kappa shape index (κ1) is 16.1. The van der Waals surface area contributed by atoms with E-state index in [0.29, 0.717) is 16.1 Å². The van der Waals surface area contributed by atoms with Gasteiger partial charge in [0.1, 0.15) is 5.01 Å². The predicted octanol–water partition coefficient (Wildman–Crippen LogP) is 4.89. The lowest BCUT2D eigenvalue weighted by molar-refractivity contribution is -0.111. The first-order valence-electron chi connectivity index (χ1n) is 7.79. The molecule has 23 heavy (non-hydrogen) atoms. The van der Waals surface area contributed by atoms with Crippen molar-refractivity contribution in [1.29, 1.82) is 0 Å². The molecule has 4 nitrogen and oxygen atoms in total. The van der Waals surface area contributed by atoms with Gasteiger partial charge in [0, 0.05) is 17.0 Å². The molecule has 1 N–H and O–H groups in total. The zero-order chi connectivity index (χ0) is 16.1. The second-order valence-electron chi connectivity index (χ2n) is 5.66. The maximum absolute atomic E-state index is 12.0. The van der Waals surface area contributed by atoms with Crippen LogP contribution in [0.4, 0.5) is 5.13 Å². The van der Waals surface area contributed by atoms with Gasteiger partial charge in [-0.1, -0.05) is 54.3 Å². The Labute approximate surface area is 144 Å². The molecule has 0 bridgehead atoms. The Bertz CT molecular complexity index is 707. The highest BCUT2D eigenvalue weighted by molar-refractivity contribution is 7.15. The normalized spacial score (nSPS) is 15.9. The largest absolute Gasteiger partial charge is 0.297 e. The molecule has 1 saturated carbocycles. The lowest BCUT2D eigenvalue weighted by atomic mass is 9.90. The number of nitrogens with one attached hydrogen (secondary N) is 1. The van der Waals surface area contributed by atoms with Crippen LogP contribution >= 0.6 is 22.9 Å². The van der Waals surface area contributed by atoms with E-state index >= 15 is 0 Å². The molecule has 0 saturated heterocycles. The molecule has 1 amide bonds. The van der Waals surface area contributed by atoms with E-state index in [1.165, 1.54) is 49.5 Å². The lowest BCUT2D eigenvalue weighted by Crippen LogP contribution is -2.07. The van der Waals surface area contributed by atoms with E-state index in [9.17, 15) is 4.79 Å². The number of carbonyl (C=O) groups excluding carboxylic acids is 1. The van der Waals surface area contributed by atoms with E-state index < -0.39 is 0 Å². The number of nitrogens with zero attached hydrogens (tertiary/aromatic N) is 2. The maximum Gasteiger partial charge on any atom is 0.250 e. The van der Waals surface area contributed by atoms with Gasteiger partial charge in [-0.15, -0.1) is 10.2 Å². The van der Waals surface area contributed by atoms with Crippen molar-refractivity contribution in [3.8, 4) is 0 Å². The number of carbonyl (C=O) groups is 1. The molecule has 1 heterocycles. The second-order valence-corrected chi connectivity index (χ2v) is 7.10. The number of anilines is 1. The van der Waals surface area contributed by atoms with Crippen molar-refractivity contribution in [2.45, 2.75) is 38.0 Å². The van der Waals surface area contributed by atoms with Gasteiger partial charge in [-0.2, -0.15) is 0 Å². The molecular weight excluding hydrogens is 330 g/mol. The Hall–Kier alpha value is -1.72. The minimum absolute atomic E-state index is 0.212. The molecular formula is C17H18ClN3OS. The summed E-state index contributed by atoms with van der Waals surface area (Å²) >= 11 is 7.40. The first-order chi connectivity index (χ1) is 11.2. The second kappa shape index (κ2) is 7.70. The quantitative estimate of drug-likeness (QED) is 0.801. The molecule has 2 aromatic rings. The minimum atomic E-state index is -0.212. The van der Waals surface area contributed by atoms with Crippen LogP contribution < -0.4 is 5.32 Å². The van der Waals surface area contributed by atoms with Gasteiger partial charge in [0.05, 0.1) is 0 Å². The van der Waals surface area contributed by atoms with Crippen molar-refractivity contribution in [3.05, 3.63) is 45.9 Å². The van der Waals surface area contributed by atoms with Gasteiger partial charge in [-0.3, -0.25) is 10.1 Å². The number of aromatic nitrogens is 2. The van der Waals surface area contributed by atoms with Crippen molar-refractivity contribution in [1.82, 2.24) is 10.2 Å². The molecule has 1 aliphatic rings. The SMILES string of the molecule is O=C(/C=C/c1cccc(Cl)c1)Nc1nnc(C2CCCCC2)s1. The average molecular weight is 348 g/mol. The lowest BCUT2D eigenvalue weighted by Gasteiger charge is -2.18. The third-order valence-corrected chi connectivity index (χ3v) is 5.14. The van der Waals surface area contributed by atoms with Crippen LogP contribution in [0, 0.1) is 0 Å². The number of benzene rings is 1. The fourth-order valence-electron chi connectivity index (χ4n) is 2.73. The molecule has 0 unspecified atom stereocenters. The molecule has 6 heteroatoms. The van der Waals surface area contributed by atoms with E-state index in [4.69, 9.17) is 11.6 Å². The van der Waals surface area contributed by atoms with Crippen LogP contribution in [-0.4, -0.2) is 16.1 Å². The smallest absolute Gasteiger partial charge is 0.250 e. The number of halogens is 1. The maximum atomic E-state index is 12.0. The van der Waals surface area contributed by atoms with Crippen LogP contribution in [0.3, 0.4) is 0 Å². The molecule has 3 rings (SSSR count). The predicted molar refractivity (Wildman–Crippen MR) is 94.9 cm³/mol. The standard InChI is InChI=1S/C17H18ClN3OS/c18-14-8-4-5-12(11-14)9-10-15(22)19-17-21-20-16(23-17)13-6-2-1-3-7-13/h4-5,8-11,13H,1-3,6-7H2,(H,19,21,22)/b10-9+. The summed E-state index contributed by atoms with van der Waals surface area (Å²) in [6, 6.07) is 7.34. The molecule has 1 fully saturated rings. The van der Waals surface area contributed by atoms with Gasteiger partial charge in [-0.25, -0.2) is 0 Å². The summed E-state index contributed by atoms with van der Waals surface area (Å²) in [5.74, 6) is 0.297. The molecule has 1 aromatic heterocycles. The van der Waals surface area contributed by atoms with E-state index in [2.05, 4.69) is 15.5 Å². The summed E-state index contributed by atoms with van der Waals surface area (Å²) in [4.78, 5) is 12.0. The molecule has 120 valence electrons. The number of hydrogen-bond acceptors (Lipinski definition) is 4. The highest BCUT2D eigenvalue weighted by atomic mass is 35.5. The van der Waals surface area contributed by atoms with Crippen molar-refractivity contribution in [2.24, 2.45) is 0 Å². The summed E-state index contributed by atoms with van der Waals surface area (Å²) in [5, 5.41) is 13.3. The van der Waals surface area contributed by atoms with E-state index in [1.807, 2.05) is 12.1 Å². The molecule has 0 radical (unpaired) electrons. The first-order valence-corrected chi connectivity index (χ1v) is 8.98. The van der Waals surface area contributed by atoms with E-state index in [-0.39, 0.29) is 5.91 Å². The average Bonchev–Trinajstić information content (AvgIpc) is 3.02. The van der Waals surface area contributed by atoms with Gasteiger partial charge in [0.25, 0.3) is 0 Å². The van der Waals surface area contributed by atoms with Gasteiger partial charge in [-0.05, 0) is 36.6 Å². The number of rotatable bonds is 4. The molecule has 0 aliphatic heterocycles. The number of hydrogen-bond donors (Lipinski definition) is 1. The monoisotopic (exact) mass is 347 g/mol. The highest BCUT2D eigenvalue weighted by Crippen LogP contribution is 2.35. The van der Waals surface area contributed by atoms with Gasteiger partial charge in [0.2, 0.25) is 11.0 Å². The Morgan fingerprint density at radius 3 is 2.87 bits per heavy atom. The summed E-state index contributed by atoms with van der Waals surface area (Å²) in [7, 11) is 0. The molecule has 1 aliphatic carbocycles. The van der Waals surface area contributed by atoms with Crippen molar-refractivity contribution in [2.75, 3.05) is 5.32 Å². The summed E-state index contributed by atoms with van der Waals surface area (Å²) in [6.45, 7) is 0. The molecule has 1 aromatic carbocycles. The summed E-state index contributed by atoms with van der Waals surface area (Å²) in [5.41, 5.74) is 0.882. The summed E-state index contributed by atoms with van der Waals surface area (Å²) < 4.78 is 0. The van der Waals surface area contributed by atoms with Crippen LogP contribution in [0.25, 0.3) is 6.08 Å². The van der Waals surface area contributed by atoms with Gasteiger partial charge >= 0.3 is 0 Å². The summed E-state index contributed by atoms with van der Waals surface area (Å²) in [6.07, 6.45) is 9.39. The minimum Gasteiger partial charge on any atom is -0.297 e. The van der Waals surface area contributed by atoms with Crippen LogP contribution in [0.1, 0.15) is 48.6 Å². The third kappa shape index (κ3) is 4.62. The van der Waals surface area contributed by atoms with Crippen LogP contribution in [0.15, 0.2) is 30.3 Å². The Morgan fingerprint density at radius 1 is 1.26 bits per heavy atom. The van der Waals surface area contributed by atoms with Crippen LogP contribution in [0.5, 0.6) is 0 Å². The number of amides is 1.